The van der Waals surface area contributed by atoms with Crippen molar-refractivity contribution in [1.82, 2.24) is 10.3 Å². The molecule has 1 aromatic rings. The monoisotopic (exact) mass is 264 g/mol. The number of pyridine rings is 1. The quantitative estimate of drug-likeness (QED) is 0.699. The number of nitrogens with two attached hydrogens (primary N) is 1. The fourth-order valence-electron chi connectivity index (χ4n) is 1.91. The largest absolute Gasteiger partial charge is 0.381 e. The average Bonchev–Trinajstić information content (AvgIpc) is 2.38. The Morgan fingerprint density at radius 3 is 2.79 bits per heavy atom. The van der Waals surface area contributed by atoms with Crippen molar-refractivity contribution in [2.75, 3.05) is 18.4 Å². The molecule has 1 unspecified atom stereocenters. The molecule has 0 aliphatic heterocycles. The summed E-state index contributed by atoms with van der Waals surface area (Å²) in [4.78, 5) is 15.8. The molecule has 0 bridgehead atoms. The maximum atomic E-state index is 11.7. The summed E-state index contributed by atoms with van der Waals surface area (Å²) < 4.78 is 0. The van der Waals surface area contributed by atoms with Crippen molar-refractivity contribution in [3.8, 4) is 0 Å². The van der Waals surface area contributed by atoms with Crippen molar-refractivity contribution in [2.24, 2.45) is 11.7 Å². The van der Waals surface area contributed by atoms with E-state index in [1.54, 1.807) is 12.3 Å². The zero-order valence-electron chi connectivity index (χ0n) is 11.9. The molecule has 5 heteroatoms. The summed E-state index contributed by atoms with van der Waals surface area (Å²) in [6.07, 6.45) is 2.63. The van der Waals surface area contributed by atoms with E-state index in [2.05, 4.69) is 29.5 Å². The molecule has 4 N–H and O–H groups in total. The third kappa shape index (κ3) is 5.26. The van der Waals surface area contributed by atoms with Crippen molar-refractivity contribution >= 4 is 11.6 Å². The molecule has 0 aliphatic carbocycles. The van der Waals surface area contributed by atoms with Gasteiger partial charge in [0.25, 0.3) is 5.91 Å². The molecule has 5 nitrogen and oxygen atoms in total. The van der Waals surface area contributed by atoms with Crippen molar-refractivity contribution in [2.45, 2.75) is 33.2 Å². The van der Waals surface area contributed by atoms with Crippen LogP contribution in [0, 0.1) is 5.92 Å². The minimum atomic E-state index is -0.153. The van der Waals surface area contributed by atoms with Gasteiger partial charge in [0.1, 0.15) is 5.69 Å². The highest BCUT2D eigenvalue weighted by molar-refractivity contribution is 5.93. The second-order valence-corrected chi connectivity index (χ2v) is 5.00. The van der Waals surface area contributed by atoms with E-state index >= 15 is 0 Å². The zero-order valence-corrected chi connectivity index (χ0v) is 11.9. The summed E-state index contributed by atoms with van der Waals surface area (Å²) in [5.41, 5.74) is 7.06. The highest BCUT2D eigenvalue weighted by Gasteiger charge is 2.11. The number of carbonyl (C=O) groups excluding carboxylic acids is 1. The molecule has 0 saturated carbocycles. The zero-order chi connectivity index (χ0) is 14.3. The van der Waals surface area contributed by atoms with Crippen LogP contribution in [-0.4, -0.2) is 30.0 Å². The van der Waals surface area contributed by atoms with Crippen molar-refractivity contribution in [3.63, 3.8) is 0 Å². The number of hydrogen-bond donors (Lipinski definition) is 3. The molecule has 1 atom stereocenters. The van der Waals surface area contributed by atoms with Crippen LogP contribution in [-0.2, 0) is 0 Å². The Kier molecular flexibility index (Phi) is 6.29. The molecule has 106 valence electrons. The topological polar surface area (TPSA) is 80.0 Å². The summed E-state index contributed by atoms with van der Waals surface area (Å²) in [6, 6.07) is 3.82. The average molecular weight is 264 g/mol. The Morgan fingerprint density at radius 1 is 1.47 bits per heavy atom. The maximum absolute atomic E-state index is 11.7. The lowest BCUT2D eigenvalue weighted by Gasteiger charge is -2.20. The van der Waals surface area contributed by atoms with E-state index in [0.717, 1.165) is 12.1 Å². The fraction of sp³-hybridized carbons (Fsp3) is 0.571. The number of aromatic nitrogens is 1. The fourth-order valence-corrected chi connectivity index (χ4v) is 1.91. The minimum absolute atomic E-state index is 0.153. The highest BCUT2D eigenvalue weighted by atomic mass is 16.1. The normalized spacial score (nSPS) is 12.3. The molecular formula is C14H24N4O. The molecule has 1 aromatic heterocycles. The third-order valence-electron chi connectivity index (χ3n) is 2.74. The van der Waals surface area contributed by atoms with E-state index in [0.29, 0.717) is 24.7 Å². The van der Waals surface area contributed by atoms with Crippen LogP contribution in [0.3, 0.4) is 0 Å². The van der Waals surface area contributed by atoms with Gasteiger partial charge in [0.05, 0.1) is 0 Å². The van der Waals surface area contributed by atoms with E-state index in [1.165, 1.54) is 0 Å². The number of hydrogen-bond acceptors (Lipinski definition) is 4. The smallest absolute Gasteiger partial charge is 0.269 e. The first-order chi connectivity index (χ1) is 9.06. The molecule has 0 aliphatic rings. The van der Waals surface area contributed by atoms with E-state index in [4.69, 9.17) is 5.73 Å². The first-order valence-corrected chi connectivity index (χ1v) is 6.77. The van der Waals surface area contributed by atoms with Gasteiger partial charge in [-0.3, -0.25) is 9.78 Å². The first kappa shape index (κ1) is 15.4. The summed E-state index contributed by atoms with van der Waals surface area (Å²) in [6.45, 7) is 7.37. The number of rotatable bonds is 7. The first-order valence-electron chi connectivity index (χ1n) is 6.77. The van der Waals surface area contributed by atoms with Gasteiger partial charge in [0.15, 0.2) is 0 Å². The van der Waals surface area contributed by atoms with E-state index in [9.17, 15) is 4.79 Å². The van der Waals surface area contributed by atoms with Crippen molar-refractivity contribution < 1.29 is 4.79 Å². The van der Waals surface area contributed by atoms with Crippen molar-refractivity contribution in [3.05, 3.63) is 24.0 Å². The summed E-state index contributed by atoms with van der Waals surface area (Å²) in [5, 5.41) is 6.09. The molecule has 1 amide bonds. The van der Waals surface area contributed by atoms with Gasteiger partial charge in [-0.05, 0) is 31.4 Å². The molecule has 1 rings (SSSR count). The molecule has 0 aromatic carbocycles. The molecule has 0 spiro atoms. The molecular weight excluding hydrogens is 240 g/mol. The lowest BCUT2D eigenvalue weighted by molar-refractivity contribution is 0.0951. The van der Waals surface area contributed by atoms with Crippen LogP contribution in [0.1, 0.15) is 37.7 Å². The lowest BCUT2D eigenvalue weighted by Crippen LogP contribution is -2.30. The number of carbonyl (C=O) groups is 1. The Labute approximate surface area is 115 Å². The van der Waals surface area contributed by atoms with Gasteiger partial charge in [-0.15, -0.1) is 0 Å². The Balaban J connectivity index is 2.73. The predicted octanol–water partition coefficient (Wildman–Crippen LogP) is 1.62. The minimum Gasteiger partial charge on any atom is -0.381 e. The molecule has 1 heterocycles. The highest BCUT2D eigenvalue weighted by Crippen LogP contribution is 2.13. The van der Waals surface area contributed by atoms with Gasteiger partial charge in [-0.1, -0.05) is 13.8 Å². The van der Waals surface area contributed by atoms with Gasteiger partial charge in [0.2, 0.25) is 0 Å². The van der Waals surface area contributed by atoms with Crippen LogP contribution < -0.4 is 16.4 Å². The molecule has 19 heavy (non-hydrogen) atoms. The summed E-state index contributed by atoms with van der Waals surface area (Å²) in [5.74, 6) is 0.421. The molecule has 0 fully saturated rings. The summed E-state index contributed by atoms with van der Waals surface area (Å²) in [7, 11) is 0. The van der Waals surface area contributed by atoms with Gasteiger partial charge in [-0.2, -0.15) is 0 Å². The number of anilines is 1. The molecule has 0 radical (unpaired) electrons. The third-order valence-corrected chi connectivity index (χ3v) is 2.74. The van der Waals surface area contributed by atoms with Gasteiger partial charge < -0.3 is 16.4 Å². The van der Waals surface area contributed by atoms with E-state index in [-0.39, 0.29) is 11.9 Å². The van der Waals surface area contributed by atoms with Crippen LogP contribution in [0.25, 0.3) is 0 Å². The second kappa shape index (κ2) is 7.74. The number of nitrogens with zero attached hydrogens (tertiary/aromatic N) is 1. The Hall–Kier alpha value is -1.62. The number of nitrogens with one attached hydrogen (secondary N) is 2. The number of amides is 1. The van der Waals surface area contributed by atoms with Crippen LogP contribution in [0.4, 0.5) is 5.69 Å². The SMILES string of the molecule is CCNC(=O)c1cc(NC(CN)CC(C)C)ccn1. The Bertz CT molecular complexity index is 406. The standard InChI is InChI=1S/C14H24N4O/c1-4-16-14(19)13-8-11(5-6-17-13)18-12(9-15)7-10(2)3/h5-6,8,10,12H,4,7,9,15H2,1-3H3,(H,16,19)(H,17,18). The van der Waals surface area contributed by atoms with E-state index in [1.807, 2.05) is 13.0 Å². The maximum Gasteiger partial charge on any atom is 0.269 e. The van der Waals surface area contributed by atoms with Crippen LogP contribution >= 0.6 is 0 Å². The van der Waals surface area contributed by atoms with Crippen LogP contribution in [0.5, 0.6) is 0 Å². The summed E-state index contributed by atoms with van der Waals surface area (Å²) >= 11 is 0. The second-order valence-electron chi connectivity index (χ2n) is 5.00. The van der Waals surface area contributed by atoms with Crippen molar-refractivity contribution in [1.29, 1.82) is 0 Å². The van der Waals surface area contributed by atoms with Gasteiger partial charge >= 0.3 is 0 Å². The van der Waals surface area contributed by atoms with Gasteiger partial charge in [-0.25, -0.2) is 0 Å². The molecule has 0 saturated heterocycles. The van der Waals surface area contributed by atoms with Crippen LogP contribution in [0.15, 0.2) is 18.3 Å². The van der Waals surface area contributed by atoms with E-state index < -0.39 is 0 Å². The van der Waals surface area contributed by atoms with Gasteiger partial charge in [0, 0.05) is 31.0 Å². The van der Waals surface area contributed by atoms with Crippen LogP contribution in [0.2, 0.25) is 0 Å². The predicted molar refractivity (Wildman–Crippen MR) is 78.2 cm³/mol. The lowest BCUT2D eigenvalue weighted by atomic mass is 10.0. The Morgan fingerprint density at radius 2 is 2.21 bits per heavy atom.